The molecule has 132 valence electrons. The summed E-state index contributed by atoms with van der Waals surface area (Å²) in [5, 5.41) is 0. The molecule has 0 bridgehead atoms. The number of nitrogens with zero attached hydrogens (tertiary/aromatic N) is 1. The standard InChI is InChI=1S/C18H18FNO4S/c19-16-8-4-5-9-17(16)24-14-12-20(13-14)18(21)10-11-25(22,23)15-6-2-1-3-7-15/h1-9,14H,10-13H2. The molecule has 0 unspecified atom stereocenters. The van der Waals surface area contributed by atoms with E-state index >= 15 is 0 Å². The molecule has 0 saturated carbocycles. The number of likely N-dealkylation sites (tertiary alicyclic amines) is 1. The molecular weight excluding hydrogens is 345 g/mol. The molecular formula is C18H18FNO4S. The molecule has 2 aromatic rings. The second kappa shape index (κ2) is 7.23. The van der Waals surface area contributed by atoms with E-state index in [-0.39, 0.29) is 34.8 Å². The van der Waals surface area contributed by atoms with E-state index in [1.807, 2.05) is 0 Å². The summed E-state index contributed by atoms with van der Waals surface area (Å²) in [7, 11) is -3.47. The third-order valence-corrected chi connectivity index (χ3v) is 5.75. The molecule has 1 saturated heterocycles. The van der Waals surface area contributed by atoms with Gasteiger partial charge in [-0.2, -0.15) is 0 Å². The second-order valence-corrected chi connectivity index (χ2v) is 7.96. The topological polar surface area (TPSA) is 63.7 Å². The van der Waals surface area contributed by atoms with E-state index in [2.05, 4.69) is 0 Å². The van der Waals surface area contributed by atoms with Crippen LogP contribution in [0.4, 0.5) is 4.39 Å². The van der Waals surface area contributed by atoms with E-state index in [0.717, 1.165) is 0 Å². The molecule has 0 aliphatic carbocycles. The fourth-order valence-electron chi connectivity index (χ4n) is 2.56. The third-order valence-electron chi connectivity index (χ3n) is 4.02. The number of carbonyl (C=O) groups excluding carboxylic acids is 1. The fourth-order valence-corrected chi connectivity index (χ4v) is 3.81. The first-order valence-electron chi connectivity index (χ1n) is 7.92. The van der Waals surface area contributed by atoms with Gasteiger partial charge >= 0.3 is 0 Å². The zero-order valence-electron chi connectivity index (χ0n) is 13.5. The van der Waals surface area contributed by atoms with E-state index in [0.29, 0.717) is 13.1 Å². The minimum Gasteiger partial charge on any atom is -0.484 e. The highest BCUT2D eigenvalue weighted by Crippen LogP contribution is 2.22. The number of halogens is 1. The van der Waals surface area contributed by atoms with Gasteiger partial charge in [-0.15, -0.1) is 0 Å². The minimum absolute atomic E-state index is 0.0797. The first kappa shape index (κ1) is 17.4. The Balaban J connectivity index is 1.47. The number of para-hydroxylation sites is 1. The van der Waals surface area contributed by atoms with Gasteiger partial charge in [-0.25, -0.2) is 12.8 Å². The molecule has 2 aromatic carbocycles. The van der Waals surface area contributed by atoms with Gasteiger partial charge in [-0.1, -0.05) is 30.3 Å². The predicted molar refractivity (Wildman–Crippen MR) is 90.5 cm³/mol. The van der Waals surface area contributed by atoms with Crippen LogP contribution in [-0.4, -0.2) is 44.2 Å². The van der Waals surface area contributed by atoms with E-state index < -0.39 is 15.7 Å². The van der Waals surface area contributed by atoms with Crippen molar-refractivity contribution in [2.45, 2.75) is 17.4 Å². The summed E-state index contributed by atoms with van der Waals surface area (Å²) in [4.78, 5) is 13.8. The van der Waals surface area contributed by atoms with E-state index in [1.165, 1.54) is 29.2 Å². The van der Waals surface area contributed by atoms with E-state index in [4.69, 9.17) is 4.74 Å². The van der Waals surface area contributed by atoms with Crippen molar-refractivity contribution >= 4 is 15.7 Å². The van der Waals surface area contributed by atoms with Crippen LogP contribution in [-0.2, 0) is 14.6 Å². The summed E-state index contributed by atoms with van der Waals surface area (Å²) in [6.07, 6.45) is -0.351. The summed E-state index contributed by atoms with van der Waals surface area (Å²) < 4.78 is 43.3. The van der Waals surface area contributed by atoms with Crippen molar-refractivity contribution in [1.82, 2.24) is 4.90 Å². The van der Waals surface area contributed by atoms with Gasteiger partial charge < -0.3 is 9.64 Å². The van der Waals surface area contributed by atoms with Gasteiger partial charge in [0.2, 0.25) is 5.91 Å². The molecule has 0 aromatic heterocycles. The lowest BCUT2D eigenvalue weighted by atomic mass is 10.1. The molecule has 3 rings (SSSR count). The maximum absolute atomic E-state index is 13.5. The molecule has 0 radical (unpaired) electrons. The number of sulfone groups is 1. The van der Waals surface area contributed by atoms with Gasteiger partial charge in [0.15, 0.2) is 21.4 Å². The van der Waals surface area contributed by atoms with Crippen molar-refractivity contribution in [2.24, 2.45) is 0 Å². The average molecular weight is 363 g/mol. The van der Waals surface area contributed by atoms with Crippen molar-refractivity contribution in [2.75, 3.05) is 18.8 Å². The molecule has 1 aliphatic heterocycles. The van der Waals surface area contributed by atoms with E-state index in [9.17, 15) is 17.6 Å². The Bertz CT molecular complexity index is 848. The van der Waals surface area contributed by atoms with Crippen LogP contribution >= 0.6 is 0 Å². The highest BCUT2D eigenvalue weighted by molar-refractivity contribution is 7.91. The normalized spacial score (nSPS) is 14.8. The molecule has 25 heavy (non-hydrogen) atoms. The van der Waals surface area contributed by atoms with Gasteiger partial charge in [0.05, 0.1) is 23.7 Å². The number of ether oxygens (including phenoxy) is 1. The third kappa shape index (κ3) is 4.17. The van der Waals surface area contributed by atoms with Crippen molar-refractivity contribution in [3.63, 3.8) is 0 Å². The lowest BCUT2D eigenvalue weighted by Crippen LogP contribution is -2.56. The molecule has 1 heterocycles. The second-order valence-electron chi connectivity index (χ2n) is 5.85. The smallest absolute Gasteiger partial charge is 0.223 e. The molecule has 7 heteroatoms. The van der Waals surface area contributed by atoms with Crippen LogP contribution in [0, 0.1) is 5.82 Å². The Kier molecular flexibility index (Phi) is 5.03. The molecule has 0 N–H and O–H groups in total. The van der Waals surface area contributed by atoms with Crippen LogP contribution < -0.4 is 4.74 Å². The van der Waals surface area contributed by atoms with Crippen molar-refractivity contribution < 1.29 is 22.3 Å². The minimum atomic E-state index is -3.47. The molecule has 1 fully saturated rings. The van der Waals surface area contributed by atoms with Crippen LogP contribution in [0.2, 0.25) is 0 Å². The monoisotopic (exact) mass is 363 g/mol. The Morgan fingerprint density at radius 2 is 1.72 bits per heavy atom. The highest BCUT2D eigenvalue weighted by Gasteiger charge is 2.33. The lowest BCUT2D eigenvalue weighted by molar-refractivity contribution is -0.139. The number of hydrogen-bond donors (Lipinski definition) is 0. The maximum Gasteiger partial charge on any atom is 0.223 e. The quantitative estimate of drug-likeness (QED) is 0.790. The zero-order chi connectivity index (χ0) is 17.9. The van der Waals surface area contributed by atoms with Gasteiger partial charge in [0.1, 0.15) is 6.10 Å². The summed E-state index contributed by atoms with van der Waals surface area (Å²) in [6.45, 7) is 0.664. The number of rotatable bonds is 6. The summed E-state index contributed by atoms with van der Waals surface area (Å²) in [5.74, 6) is -0.758. The molecule has 0 spiro atoms. The first-order valence-corrected chi connectivity index (χ1v) is 9.58. The van der Waals surface area contributed by atoms with Crippen LogP contribution in [0.25, 0.3) is 0 Å². The number of benzene rings is 2. The average Bonchev–Trinajstić information content (AvgIpc) is 2.58. The highest BCUT2D eigenvalue weighted by atomic mass is 32.2. The Hall–Kier alpha value is -2.41. The van der Waals surface area contributed by atoms with Gasteiger partial charge in [0.25, 0.3) is 0 Å². The predicted octanol–water partition coefficient (Wildman–Crippen LogP) is 2.28. The molecule has 0 atom stereocenters. The largest absolute Gasteiger partial charge is 0.484 e. The van der Waals surface area contributed by atoms with Gasteiger partial charge in [-0.05, 0) is 24.3 Å². The molecule has 1 aliphatic rings. The SMILES string of the molecule is O=C(CCS(=O)(=O)c1ccccc1)N1CC(Oc2ccccc2F)C1. The Morgan fingerprint density at radius 3 is 2.40 bits per heavy atom. The Morgan fingerprint density at radius 1 is 1.08 bits per heavy atom. The number of amides is 1. The Labute approximate surface area is 145 Å². The van der Waals surface area contributed by atoms with Crippen molar-refractivity contribution in [3.05, 3.63) is 60.4 Å². The molecule has 1 amide bonds. The fraction of sp³-hybridized carbons (Fsp3) is 0.278. The van der Waals surface area contributed by atoms with Crippen molar-refractivity contribution in [3.8, 4) is 5.75 Å². The van der Waals surface area contributed by atoms with Crippen LogP contribution in [0.5, 0.6) is 5.75 Å². The zero-order valence-corrected chi connectivity index (χ0v) is 14.3. The summed E-state index contributed by atoms with van der Waals surface area (Å²) in [5.41, 5.74) is 0. The number of carbonyl (C=O) groups is 1. The van der Waals surface area contributed by atoms with Crippen LogP contribution in [0.15, 0.2) is 59.5 Å². The van der Waals surface area contributed by atoms with Gasteiger partial charge in [0, 0.05) is 6.42 Å². The van der Waals surface area contributed by atoms with Crippen LogP contribution in [0.1, 0.15) is 6.42 Å². The summed E-state index contributed by atoms with van der Waals surface area (Å²) >= 11 is 0. The lowest BCUT2D eigenvalue weighted by Gasteiger charge is -2.39. The first-order chi connectivity index (χ1) is 12.0. The van der Waals surface area contributed by atoms with Gasteiger partial charge in [-0.3, -0.25) is 4.79 Å². The molecule has 5 nitrogen and oxygen atoms in total. The van der Waals surface area contributed by atoms with Crippen molar-refractivity contribution in [1.29, 1.82) is 0 Å². The van der Waals surface area contributed by atoms with E-state index in [1.54, 1.807) is 30.3 Å². The van der Waals surface area contributed by atoms with Crippen LogP contribution in [0.3, 0.4) is 0 Å². The maximum atomic E-state index is 13.5. The summed E-state index contributed by atoms with van der Waals surface area (Å²) in [6, 6.07) is 14.2. The number of hydrogen-bond acceptors (Lipinski definition) is 4.